The number of alkyl halides is 1. The first kappa shape index (κ1) is 11.4. The second-order valence-corrected chi connectivity index (χ2v) is 4.73. The first-order valence-electron chi connectivity index (χ1n) is 4.87. The highest BCUT2D eigenvalue weighted by molar-refractivity contribution is 9.09. The van der Waals surface area contributed by atoms with Crippen molar-refractivity contribution < 1.29 is 9.13 Å². The molecule has 0 N–H and O–H groups in total. The van der Waals surface area contributed by atoms with E-state index in [0.717, 1.165) is 18.2 Å². The molecule has 1 aromatic rings. The van der Waals surface area contributed by atoms with Gasteiger partial charge in [0.25, 0.3) is 0 Å². The monoisotopic (exact) mass is 292 g/mol. The average molecular weight is 294 g/mol. The van der Waals surface area contributed by atoms with Crippen LogP contribution in [0.4, 0.5) is 4.39 Å². The molecular formula is C11H11BrClFO. The van der Waals surface area contributed by atoms with E-state index in [1.807, 2.05) is 0 Å². The van der Waals surface area contributed by atoms with Gasteiger partial charge in [-0.05, 0) is 31.0 Å². The van der Waals surface area contributed by atoms with Crippen LogP contribution in [-0.4, -0.2) is 11.4 Å². The lowest BCUT2D eigenvalue weighted by molar-refractivity contribution is 0.0567. The third kappa shape index (κ3) is 2.52. The number of benzene rings is 1. The van der Waals surface area contributed by atoms with Gasteiger partial charge in [-0.3, -0.25) is 0 Å². The minimum Gasteiger partial charge on any atom is -0.369 e. The Kier molecular flexibility index (Phi) is 3.65. The molecule has 2 rings (SSSR count). The summed E-state index contributed by atoms with van der Waals surface area (Å²) in [4.78, 5) is 0. The van der Waals surface area contributed by atoms with E-state index in [1.165, 1.54) is 6.07 Å². The van der Waals surface area contributed by atoms with E-state index < -0.39 is 0 Å². The first-order chi connectivity index (χ1) is 7.20. The van der Waals surface area contributed by atoms with Crippen LogP contribution < -0.4 is 0 Å². The maximum atomic E-state index is 13.5. The zero-order valence-corrected chi connectivity index (χ0v) is 10.4. The molecule has 1 heterocycles. The Bertz CT molecular complexity index is 358. The Labute approximate surface area is 102 Å². The fraction of sp³-hybridized carbons (Fsp3) is 0.455. The summed E-state index contributed by atoms with van der Waals surface area (Å²) in [5, 5.41) is 1.35. The highest BCUT2D eigenvalue weighted by Gasteiger charge is 2.27. The third-order valence-corrected chi connectivity index (χ3v) is 3.54. The Morgan fingerprint density at radius 2 is 2.27 bits per heavy atom. The van der Waals surface area contributed by atoms with Gasteiger partial charge < -0.3 is 4.74 Å². The number of halogens is 3. The summed E-state index contributed by atoms with van der Waals surface area (Å²) in [7, 11) is 0. The van der Waals surface area contributed by atoms with Crippen LogP contribution in [0.5, 0.6) is 0 Å². The lowest BCUT2D eigenvalue weighted by Gasteiger charge is -2.13. The van der Waals surface area contributed by atoms with Crippen molar-refractivity contribution in [2.24, 2.45) is 0 Å². The van der Waals surface area contributed by atoms with Crippen LogP contribution in [0.2, 0.25) is 5.02 Å². The molecule has 1 nitrogen and oxygen atoms in total. The summed E-state index contributed by atoms with van der Waals surface area (Å²) in [5.74, 6) is -0.236. The summed E-state index contributed by atoms with van der Waals surface area (Å²) < 4.78 is 19.2. The predicted octanol–water partition coefficient (Wildman–Crippen LogP) is 4.09. The number of ether oxygens (including phenoxy) is 1. The topological polar surface area (TPSA) is 9.23 Å². The Morgan fingerprint density at radius 1 is 1.47 bits per heavy atom. The summed E-state index contributed by atoms with van der Waals surface area (Å²) in [6.07, 6.45) is 1.86. The van der Waals surface area contributed by atoms with E-state index in [4.69, 9.17) is 16.3 Å². The molecule has 82 valence electrons. The molecule has 0 radical (unpaired) electrons. The molecule has 2 atom stereocenters. The van der Waals surface area contributed by atoms with Crippen LogP contribution in [-0.2, 0) is 4.74 Å². The molecule has 0 bridgehead atoms. The van der Waals surface area contributed by atoms with Crippen LogP contribution in [0.1, 0.15) is 24.5 Å². The van der Waals surface area contributed by atoms with Crippen molar-refractivity contribution in [2.75, 3.05) is 5.33 Å². The molecule has 1 saturated heterocycles. The molecule has 0 spiro atoms. The van der Waals surface area contributed by atoms with Crippen LogP contribution >= 0.6 is 27.5 Å². The van der Waals surface area contributed by atoms with Gasteiger partial charge in [0.2, 0.25) is 0 Å². The Balaban J connectivity index is 2.19. The predicted molar refractivity (Wildman–Crippen MR) is 62.1 cm³/mol. The summed E-state index contributed by atoms with van der Waals surface area (Å²) in [6, 6.07) is 4.60. The molecule has 1 aliphatic heterocycles. The van der Waals surface area contributed by atoms with Crippen molar-refractivity contribution in [1.29, 1.82) is 0 Å². The highest BCUT2D eigenvalue weighted by Crippen LogP contribution is 2.35. The number of rotatable bonds is 2. The molecule has 4 heteroatoms. The smallest absolute Gasteiger partial charge is 0.129 e. The fourth-order valence-corrected chi connectivity index (χ4v) is 2.47. The van der Waals surface area contributed by atoms with Crippen LogP contribution in [0.25, 0.3) is 0 Å². The quantitative estimate of drug-likeness (QED) is 0.746. The van der Waals surface area contributed by atoms with E-state index in [2.05, 4.69) is 15.9 Å². The van der Waals surface area contributed by atoms with Crippen LogP contribution in [0, 0.1) is 5.82 Å². The second kappa shape index (κ2) is 4.81. The van der Waals surface area contributed by atoms with Gasteiger partial charge in [-0.15, -0.1) is 0 Å². The second-order valence-electron chi connectivity index (χ2n) is 3.64. The fourth-order valence-electron chi connectivity index (χ4n) is 1.81. The van der Waals surface area contributed by atoms with Gasteiger partial charge in [0, 0.05) is 15.9 Å². The largest absolute Gasteiger partial charge is 0.369 e. The molecular weight excluding hydrogens is 282 g/mol. The van der Waals surface area contributed by atoms with Gasteiger partial charge in [0.05, 0.1) is 12.2 Å². The molecule has 1 aromatic carbocycles. The molecule has 1 aliphatic rings. The van der Waals surface area contributed by atoms with E-state index >= 15 is 0 Å². The van der Waals surface area contributed by atoms with Gasteiger partial charge in [0.1, 0.15) is 5.82 Å². The van der Waals surface area contributed by atoms with Crippen molar-refractivity contribution in [1.82, 2.24) is 0 Å². The third-order valence-electron chi connectivity index (χ3n) is 2.58. The summed E-state index contributed by atoms with van der Waals surface area (Å²) in [5.41, 5.74) is 0.575. The van der Waals surface area contributed by atoms with E-state index in [0.29, 0.717) is 10.6 Å². The normalized spacial score (nSPS) is 25.8. The van der Waals surface area contributed by atoms with Crippen molar-refractivity contribution in [3.63, 3.8) is 0 Å². The van der Waals surface area contributed by atoms with Crippen LogP contribution in [0.15, 0.2) is 18.2 Å². The van der Waals surface area contributed by atoms with E-state index in [1.54, 1.807) is 12.1 Å². The standard InChI is InChI=1S/C11H11BrClFO/c12-6-8-2-4-11(15-8)9-5-7(13)1-3-10(9)14/h1,3,5,8,11H,2,4,6H2. The van der Waals surface area contributed by atoms with Gasteiger partial charge in [-0.2, -0.15) is 0 Å². The minimum absolute atomic E-state index is 0.147. The lowest BCUT2D eigenvalue weighted by Crippen LogP contribution is -2.08. The Hall–Kier alpha value is -0.120. The molecule has 0 amide bonds. The highest BCUT2D eigenvalue weighted by atomic mass is 79.9. The maximum Gasteiger partial charge on any atom is 0.129 e. The number of hydrogen-bond acceptors (Lipinski definition) is 1. The van der Waals surface area contributed by atoms with Crippen molar-refractivity contribution in [3.05, 3.63) is 34.6 Å². The summed E-state index contributed by atoms with van der Waals surface area (Å²) >= 11 is 9.20. The van der Waals surface area contributed by atoms with Crippen molar-refractivity contribution >= 4 is 27.5 Å². The van der Waals surface area contributed by atoms with Gasteiger partial charge in [-0.1, -0.05) is 27.5 Å². The first-order valence-corrected chi connectivity index (χ1v) is 6.37. The SMILES string of the molecule is Fc1ccc(Cl)cc1C1CCC(CBr)O1. The molecule has 0 saturated carbocycles. The van der Waals surface area contributed by atoms with Gasteiger partial charge in [0.15, 0.2) is 0 Å². The molecule has 15 heavy (non-hydrogen) atoms. The van der Waals surface area contributed by atoms with Crippen LogP contribution in [0.3, 0.4) is 0 Å². The molecule has 0 aliphatic carbocycles. The average Bonchev–Trinajstić information content (AvgIpc) is 2.70. The van der Waals surface area contributed by atoms with E-state index in [-0.39, 0.29) is 18.0 Å². The van der Waals surface area contributed by atoms with Gasteiger partial charge >= 0.3 is 0 Å². The summed E-state index contributed by atoms with van der Waals surface area (Å²) in [6.45, 7) is 0. The van der Waals surface area contributed by atoms with Gasteiger partial charge in [-0.25, -0.2) is 4.39 Å². The van der Waals surface area contributed by atoms with Crippen molar-refractivity contribution in [2.45, 2.75) is 25.0 Å². The van der Waals surface area contributed by atoms with E-state index in [9.17, 15) is 4.39 Å². The van der Waals surface area contributed by atoms with Crippen molar-refractivity contribution in [3.8, 4) is 0 Å². The molecule has 2 unspecified atom stereocenters. The maximum absolute atomic E-state index is 13.5. The Morgan fingerprint density at radius 3 is 2.93 bits per heavy atom. The lowest BCUT2D eigenvalue weighted by atomic mass is 10.1. The molecule has 0 aromatic heterocycles. The zero-order valence-electron chi connectivity index (χ0n) is 8.05. The number of hydrogen-bond donors (Lipinski definition) is 0. The molecule has 1 fully saturated rings. The zero-order chi connectivity index (χ0) is 10.8. The minimum atomic E-state index is -0.236.